The summed E-state index contributed by atoms with van der Waals surface area (Å²) in [6, 6.07) is 27.0. The first-order chi connectivity index (χ1) is 16.7. The van der Waals surface area contributed by atoms with E-state index in [0.717, 1.165) is 28.8 Å². The normalized spacial score (nSPS) is 17.6. The molecule has 1 fully saturated rings. The number of pyridine rings is 1. The van der Waals surface area contributed by atoms with Gasteiger partial charge in [-0.2, -0.15) is 0 Å². The number of amides is 1. The molecule has 5 rings (SSSR count). The Hall–Kier alpha value is -3.21. The molecule has 1 amide bonds. The van der Waals surface area contributed by atoms with Crippen molar-refractivity contribution < 1.29 is 4.79 Å². The van der Waals surface area contributed by atoms with Gasteiger partial charge in [0.15, 0.2) is 0 Å². The molecule has 0 saturated carbocycles. The Morgan fingerprint density at radius 1 is 0.971 bits per heavy atom. The molecule has 0 radical (unpaired) electrons. The summed E-state index contributed by atoms with van der Waals surface area (Å²) in [5.41, 5.74) is 3.09. The molecule has 1 aliphatic heterocycles. The lowest BCUT2D eigenvalue weighted by Crippen LogP contribution is -2.55. The van der Waals surface area contributed by atoms with Gasteiger partial charge in [0, 0.05) is 48.5 Å². The zero-order valence-corrected chi connectivity index (χ0v) is 20.0. The van der Waals surface area contributed by atoms with Crippen molar-refractivity contribution in [3.05, 3.63) is 113 Å². The van der Waals surface area contributed by atoms with E-state index in [0.29, 0.717) is 18.7 Å². The van der Waals surface area contributed by atoms with E-state index < -0.39 is 0 Å². The summed E-state index contributed by atoms with van der Waals surface area (Å²) in [5.74, 6) is 0.0569. The molecule has 0 aliphatic carbocycles. The van der Waals surface area contributed by atoms with Crippen LogP contribution in [0, 0.1) is 0 Å². The van der Waals surface area contributed by atoms with E-state index in [4.69, 9.17) is 11.6 Å². The highest BCUT2D eigenvalue weighted by Crippen LogP contribution is 2.34. The fourth-order valence-corrected chi connectivity index (χ4v) is 5.30. The number of rotatable bonds is 5. The monoisotopic (exact) mass is 469 g/mol. The molecular formula is C29H28ClN3O. The Morgan fingerprint density at radius 2 is 1.74 bits per heavy atom. The first kappa shape index (κ1) is 22.6. The summed E-state index contributed by atoms with van der Waals surface area (Å²) in [6.45, 7) is 4.34. The van der Waals surface area contributed by atoms with Crippen LogP contribution in [-0.2, 0) is 0 Å². The minimum absolute atomic E-state index is 0.0569. The number of carbonyl (C=O) groups excluding carboxylic acids is 1. The van der Waals surface area contributed by atoms with E-state index in [-0.39, 0.29) is 18.0 Å². The third-order valence-electron chi connectivity index (χ3n) is 6.80. The highest BCUT2D eigenvalue weighted by Gasteiger charge is 2.35. The number of carbonyl (C=O) groups is 1. The van der Waals surface area contributed by atoms with Crippen LogP contribution in [0.4, 0.5) is 0 Å². The van der Waals surface area contributed by atoms with Gasteiger partial charge in [0.25, 0.3) is 5.91 Å². The van der Waals surface area contributed by atoms with Crippen molar-refractivity contribution in [1.29, 1.82) is 0 Å². The summed E-state index contributed by atoms with van der Waals surface area (Å²) in [7, 11) is 0. The Kier molecular flexibility index (Phi) is 6.61. The largest absolute Gasteiger partial charge is 0.336 e. The minimum Gasteiger partial charge on any atom is -0.336 e. The fourth-order valence-electron chi connectivity index (χ4n) is 5.10. The van der Waals surface area contributed by atoms with Gasteiger partial charge in [0.05, 0.1) is 11.6 Å². The maximum atomic E-state index is 13.6. The van der Waals surface area contributed by atoms with Crippen LogP contribution in [0.15, 0.2) is 91.3 Å². The molecule has 2 heterocycles. The molecule has 34 heavy (non-hydrogen) atoms. The van der Waals surface area contributed by atoms with E-state index in [1.807, 2.05) is 53.6 Å². The van der Waals surface area contributed by atoms with Crippen molar-refractivity contribution in [3.63, 3.8) is 0 Å². The Balaban J connectivity index is 1.45. The zero-order valence-electron chi connectivity index (χ0n) is 19.3. The van der Waals surface area contributed by atoms with Crippen molar-refractivity contribution in [2.24, 2.45) is 0 Å². The molecule has 2 atom stereocenters. The number of benzene rings is 3. The molecule has 1 aliphatic rings. The third kappa shape index (κ3) is 4.44. The van der Waals surface area contributed by atoms with Gasteiger partial charge in [-0.3, -0.25) is 14.7 Å². The van der Waals surface area contributed by atoms with Crippen LogP contribution in [-0.4, -0.2) is 46.4 Å². The Bertz CT molecular complexity index is 1290. The van der Waals surface area contributed by atoms with E-state index in [1.54, 1.807) is 6.20 Å². The number of nitrogens with zero attached hydrogens (tertiary/aromatic N) is 3. The molecule has 1 saturated heterocycles. The van der Waals surface area contributed by atoms with E-state index >= 15 is 0 Å². The molecule has 4 aromatic rings. The number of hydrogen-bond donors (Lipinski definition) is 0. The maximum absolute atomic E-state index is 13.6. The standard InChI is InChI=1S/C29H28ClN3O/c1-2-25-20-32(29(34)27-19-31-18-23-11-6-7-14-26(23)27)15-16-33(25)28(21-9-4-3-5-10-21)22-12-8-13-24(30)17-22/h3-14,17-19,25,28H,2,15-16,20H2,1H3. The summed E-state index contributed by atoms with van der Waals surface area (Å²) in [4.78, 5) is 22.4. The van der Waals surface area contributed by atoms with E-state index in [9.17, 15) is 4.79 Å². The summed E-state index contributed by atoms with van der Waals surface area (Å²) >= 11 is 6.39. The zero-order chi connectivity index (χ0) is 23.5. The van der Waals surface area contributed by atoms with Crippen LogP contribution >= 0.6 is 11.6 Å². The van der Waals surface area contributed by atoms with E-state index in [2.05, 4.69) is 53.2 Å². The minimum atomic E-state index is 0.0569. The van der Waals surface area contributed by atoms with Crippen molar-refractivity contribution >= 4 is 28.3 Å². The Labute approximate surface area is 205 Å². The molecule has 0 N–H and O–H groups in total. The van der Waals surface area contributed by atoms with Gasteiger partial charge in [-0.1, -0.05) is 85.3 Å². The summed E-state index contributed by atoms with van der Waals surface area (Å²) < 4.78 is 0. The molecule has 0 bridgehead atoms. The van der Waals surface area contributed by atoms with Gasteiger partial charge < -0.3 is 4.90 Å². The number of piperazine rings is 1. The summed E-state index contributed by atoms with van der Waals surface area (Å²) in [6.07, 6.45) is 4.46. The van der Waals surface area contributed by atoms with Gasteiger partial charge in [-0.15, -0.1) is 0 Å². The summed E-state index contributed by atoms with van der Waals surface area (Å²) in [5, 5.41) is 2.69. The second-order valence-electron chi connectivity index (χ2n) is 8.83. The molecule has 172 valence electrons. The van der Waals surface area contributed by atoms with Crippen LogP contribution < -0.4 is 0 Å². The fraction of sp³-hybridized carbons (Fsp3) is 0.241. The van der Waals surface area contributed by atoms with Crippen molar-refractivity contribution in [2.75, 3.05) is 19.6 Å². The lowest BCUT2D eigenvalue weighted by Gasteiger charge is -2.45. The van der Waals surface area contributed by atoms with Crippen LogP contribution in [0.25, 0.3) is 10.8 Å². The molecular weight excluding hydrogens is 442 g/mol. The highest BCUT2D eigenvalue weighted by atomic mass is 35.5. The van der Waals surface area contributed by atoms with Crippen LogP contribution in [0.3, 0.4) is 0 Å². The molecule has 3 aromatic carbocycles. The van der Waals surface area contributed by atoms with Gasteiger partial charge in [0.2, 0.25) is 0 Å². The van der Waals surface area contributed by atoms with Crippen molar-refractivity contribution in [1.82, 2.24) is 14.8 Å². The number of halogens is 1. The number of aromatic nitrogens is 1. The highest BCUT2D eigenvalue weighted by molar-refractivity contribution is 6.30. The lowest BCUT2D eigenvalue weighted by atomic mass is 9.93. The maximum Gasteiger partial charge on any atom is 0.256 e. The van der Waals surface area contributed by atoms with Crippen molar-refractivity contribution in [3.8, 4) is 0 Å². The quantitative estimate of drug-likeness (QED) is 0.348. The van der Waals surface area contributed by atoms with Gasteiger partial charge in [0.1, 0.15) is 0 Å². The Morgan fingerprint density at radius 3 is 2.53 bits per heavy atom. The lowest BCUT2D eigenvalue weighted by molar-refractivity contribution is 0.0375. The van der Waals surface area contributed by atoms with Gasteiger partial charge in [-0.25, -0.2) is 0 Å². The number of hydrogen-bond acceptors (Lipinski definition) is 3. The number of fused-ring (bicyclic) bond motifs is 1. The molecule has 0 spiro atoms. The third-order valence-corrected chi connectivity index (χ3v) is 7.03. The SMILES string of the molecule is CCC1CN(C(=O)c2cncc3ccccc23)CCN1C(c1ccccc1)c1cccc(Cl)c1. The molecule has 1 aromatic heterocycles. The van der Waals surface area contributed by atoms with Crippen molar-refractivity contribution in [2.45, 2.75) is 25.4 Å². The predicted molar refractivity (Wildman–Crippen MR) is 138 cm³/mol. The van der Waals surface area contributed by atoms with Crippen LogP contribution in [0.5, 0.6) is 0 Å². The second-order valence-corrected chi connectivity index (χ2v) is 9.26. The first-order valence-corrected chi connectivity index (χ1v) is 12.2. The molecule has 5 heteroatoms. The van der Waals surface area contributed by atoms with E-state index in [1.165, 1.54) is 11.1 Å². The second kappa shape index (κ2) is 9.96. The van der Waals surface area contributed by atoms with Gasteiger partial charge >= 0.3 is 0 Å². The molecule has 4 nitrogen and oxygen atoms in total. The topological polar surface area (TPSA) is 36.4 Å². The molecule has 2 unspecified atom stereocenters. The average Bonchev–Trinajstić information content (AvgIpc) is 2.89. The van der Waals surface area contributed by atoms with Crippen LogP contribution in [0.2, 0.25) is 5.02 Å². The van der Waals surface area contributed by atoms with Gasteiger partial charge in [-0.05, 0) is 35.1 Å². The average molecular weight is 470 g/mol. The smallest absolute Gasteiger partial charge is 0.256 e. The predicted octanol–water partition coefficient (Wildman–Crippen LogP) is 6.21. The van der Waals surface area contributed by atoms with Crippen LogP contribution in [0.1, 0.15) is 40.9 Å². The first-order valence-electron chi connectivity index (χ1n) is 11.8.